The molecule has 3 aromatic heterocycles. The zero-order valence-corrected chi connectivity index (χ0v) is 30.5. The van der Waals surface area contributed by atoms with Crippen molar-refractivity contribution in [3.8, 4) is 11.3 Å². The fourth-order valence-corrected chi connectivity index (χ4v) is 8.76. The lowest BCUT2D eigenvalue weighted by Gasteiger charge is -2.55. The van der Waals surface area contributed by atoms with Crippen LogP contribution in [0.5, 0.6) is 0 Å². The summed E-state index contributed by atoms with van der Waals surface area (Å²) in [6, 6.07) is 5.01. The molecule has 268 valence electrons. The highest BCUT2D eigenvalue weighted by Crippen LogP contribution is 2.53. The second-order valence-electron chi connectivity index (χ2n) is 15.8. The van der Waals surface area contributed by atoms with Gasteiger partial charge in [0.05, 0.1) is 50.6 Å². The molecule has 1 aromatic carbocycles. The first-order valence-electron chi connectivity index (χ1n) is 17.9. The van der Waals surface area contributed by atoms with Crippen molar-refractivity contribution in [3.05, 3.63) is 58.6 Å². The van der Waals surface area contributed by atoms with Crippen molar-refractivity contribution in [2.24, 2.45) is 11.8 Å². The molecule has 3 fully saturated rings. The fourth-order valence-electron chi connectivity index (χ4n) is 8.53. The first-order valence-corrected chi connectivity index (χ1v) is 18.3. The van der Waals surface area contributed by atoms with E-state index in [0.717, 1.165) is 49.1 Å². The molecule has 2 aliphatic carbocycles. The maximum Gasteiger partial charge on any atom is 0.252 e. The Morgan fingerprint density at radius 1 is 1.10 bits per heavy atom. The lowest BCUT2D eigenvalue weighted by atomic mass is 9.71. The van der Waals surface area contributed by atoms with Crippen molar-refractivity contribution in [2.75, 3.05) is 29.9 Å². The van der Waals surface area contributed by atoms with Gasteiger partial charge < -0.3 is 20.1 Å². The largest absolute Gasteiger partial charge is 0.352 e. The number of hydrogen-bond acceptors (Lipinski definition) is 7. The van der Waals surface area contributed by atoms with Crippen molar-refractivity contribution in [1.29, 1.82) is 0 Å². The standard InChI is InChI=1S/C38H43ClF2N8O2/c1-7-42-35(50)24-12-26(30(40)31(41)29(24)39)46-34-32-27(44-18-48(32)19(2)3)13-25(45-34)21-11-28-33(43-16-21)37(4,5)36(51)49(28)23-14-38(6,15-23)47-9-8-20-10-22(20)17-47/h11-13,16,18-20,22-23H,7-10,14-15,17H2,1-6H3,(H,42,50)(H,45,46). The third-order valence-electron chi connectivity index (χ3n) is 11.6. The average molecular weight is 717 g/mol. The van der Waals surface area contributed by atoms with Crippen LogP contribution in [0.4, 0.5) is 26.0 Å². The van der Waals surface area contributed by atoms with Gasteiger partial charge in [-0.1, -0.05) is 11.6 Å². The Bertz CT molecular complexity index is 2110. The van der Waals surface area contributed by atoms with Gasteiger partial charge >= 0.3 is 0 Å². The van der Waals surface area contributed by atoms with Gasteiger partial charge in [-0.2, -0.15) is 0 Å². The Morgan fingerprint density at radius 3 is 2.57 bits per heavy atom. The second kappa shape index (κ2) is 11.9. The summed E-state index contributed by atoms with van der Waals surface area (Å²) >= 11 is 6.07. The van der Waals surface area contributed by atoms with E-state index in [2.05, 4.69) is 27.4 Å². The number of halogens is 3. The minimum Gasteiger partial charge on any atom is -0.352 e. The van der Waals surface area contributed by atoms with Gasteiger partial charge in [-0.05, 0) is 104 Å². The van der Waals surface area contributed by atoms with E-state index in [1.54, 1.807) is 19.4 Å². The van der Waals surface area contributed by atoms with Crippen LogP contribution in [0, 0.1) is 23.5 Å². The van der Waals surface area contributed by atoms with Crippen LogP contribution in [0.15, 0.2) is 30.7 Å². The predicted molar refractivity (Wildman–Crippen MR) is 194 cm³/mol. The molecule has 51 heavy (non-hydrogen) atoms. The van der Waals surface area contributed by atoms with Crippen LogP contribution in [-0.4, -0.2) is 67.4 Å². The van der Waals surface area contributed by atoms with Gasteiger partial charge in [-0.25, -0.2) is 18.7 Å². The summed E-state index contributed by atoms with van der Waals surface area (Å²) in [7, 11) is 0. The maximum absolute atomic E-state index is 15.4. The monoisotopic (exact) mass is 716 g/mol. The second-order valence-corrected chi connectivity index (χ2v) is 16.2. The third-order valence-corrected chi connectivity index (χ3v) is 12.0. The average Bonchev–Trinajstić information content (AvgIpc) is 3.68. The molecule has 8 rings (SSSR count). The molecule has 13 heteroatoms. The normalized spacial score (nSPS) is 25.2. The van der Waals surface area contributed by atoms with E-state index >= 15 is 8.78 Å². The molecule has 0 bridgehead atoms. The number of amides is 2. The van der Waals surface area contributed by atoms with Crippen molar-refractivity contribution >= 4 is 51.6 Å². The number of hydrogen-bond donors (Lipinski definition) is 2. The number of pyridine rings is 2. The molecule has 5 heterocycles. The Kier molecular flexibility index (Phi) is 7.95. The quantitative estimate of drug-likeness (QED) is 0.183. The van der Waals surface area contributed by atoms with Crippen molar-refractivity contribution < 1.29 is 18.4 Å². The molecule has 2 amide bonds. The smallest absolute Gasteiger partial charge is 0.252 e. The van der Waals surface area contributed by atoms with Crippen LogP contribution in [-0.2, 0) is 10.2 Å². The van der Waals surface area contributed by atoms with Gasteiger partial charge in [-0.15, -0.1) is 0 Å². The van der Waals surface area contributed by atoms with E-state index < -0.39 is 28.0 Å². The molecule has 0 radical (unpaired) electrons. The number of piperidine rings is 1. The van der Waals surface area contributed by atoms with Gasteiger partial charge in [0.1, 0.15) is 5.52 Å². The number of likely N-dealkylation sites (tertiary alicyclic amines) is 1. The Labute approximate surface area is 301 Å². The van der Waals surface area contributed by atoms with Gasteiger partial charge in [0.25, 0.3) is 5.91 Å². The number of anilines is 3. The van der Waals surface area contributed by atoms with Crippen molar-refractivity contribution in [1.82, 2.24) is 29.7 Å². The number of nitrogens with zero attached hydrogens (tertiary/aromatic N) is 6. The zero-order valence-electron chi connectivity index (χ0n) is 29.8. The first-order chi connectivity index (χ1) is 24.2. The van der Waals surface area contributed by atoms with E-state index in [1.165, 1.54) is 18.9 Å². The molecule has 2 aliphatic heterocycles. The van der Waals surface area contributed by atoms with Gasteiger partial charge in [0.15, 0.2) is 17.5 Å². The van der Waals surface area contributed by atoms with Gasteiger partial charge in [0, 0.05) is 42.5 Å². The van der Waals surface area contributed by atoms with Gasteiger partial charge in [-0.3, -0.25) is 19.5 Å². The number of carbonyl (C=O) groups excluding carboxylic acids is 2. The first kappa shape index (κ1) is 34.0. The lowest BCUT2D eigenvalue weighted by Crippen LogP contribution is -2.64. The minimum atomic E-state index is -1.34. The molecule has 2 saturated carbocycles. The van der Waals surface area contributed by atoms with E-state index in [4.69, 9.17) is 21.6 Å². The van der Waals surface area contributed by atoms with E-state index in [-0.39, 0.29) is 47.1 Å². The summed E-state index contributed by atoms with van der Waals surface area (Å²) in [5.74, 6) is -1.21. The number of rotatable bonds is 8. The summed E-state index contributed by atoms with van der Waals surface area (Å²) in [4.78, 5) is 45.8. The van der Waals surface area contributed by atoms with Crippen LogP contribution < -0.4 is 15.5 Å². The Balaban J connectivity index is 1.17. The predicted octanol–water partition coefficient (Wildman–Crippen LogP) is 7.39. The molecule has 1 saturated heterocycles. The molecular formula is C38H43ClF2N8O2. The number of nitrogens with one attached hydrogen (secondary N) is 2. The fraction of sp³-hybridized carbons (Fsp3) is 0.500. The number of carbonyl (C=O) groups is 2. The number of imidazole rings is 1. The molecule has 10 nitrogen and oxygen atoms in total. The summed E-state index contributed by atoms with van der Waals surface area (Å²) in [5.41, 5.74) is 2.55. The van der Waals surface area contributed by atoms with Crippen molar-refractivity contribution in [2.45, 2.75) is 90.3 Å². The van der Waals surface area contributed by atoms with Crippen LogP contribution in [0.1, 0.15) is 89.3 Å². The van der Waals surface area contributed by atoms with Crippen molar-refractivity contribution in [3.63, 3.8) is 0 Å². The Morgan fingerprint density at radius 2 is 1.86 bits per heavy atom. The topological polar surface area (TPSA) is 108 Å². The van der Waals surface area contributed by atoms with Crippen LogP contribution in [0.25, 0.3) is 22.3 Å². The molecule has 2 atom stereocenters. The molecule has 2 N–H and O–H groups in total. The zero-order chi connectivity index (χ0) is 36.1. The Hall–Kier alpha value is -4.16. The highest BCUT2D eigenvalue weighted by Gasteiger charge is 2.56. The highest BCUT2D eigenvalue weighted by atomic mass is 35.5. The molecule has 2 unspecified atom stereocenters. The van der Waals surface area contributed by atoms with Crippen LogP contribution >= 0.6 is 11.6 Å². The maximum atomic E-state index is 15.4. The number of benzene rings is 1. The molecule has 0 spiro atoms. The van der Waals surface area contributed by atoms with E-state index in [0.29, 0.717) is 22.3 Å². The number of fused-ring (bicyclic) bond motifs is 3. The summed E-state index contributed by atoms with van der Waals surface area (Å²) in [6.45, 7) is 14.4. The summed E-state index contributed by atoms with van der Waals surface area (Å²) < 4.78 is 32.4. The highest BCUT2D eigenvalue weighted by molar-refractivity contribution is 6.34. The summed E-state index contributed by atoms with van der Waals surface area (Å²) in [6.07, 6.45) is 7.82. The lowest BCUT2D eigenvalue weighted by molar-refractivity contribution is -0.124. The van der Waals surface area contributed by atoms with Gasteiger partial charge in [0.2, 0.25) is 5.91 Å². The SMILES string of the molecule is CCNC(=O)c1cc(Nc2nc(-c3cnc4c(c3)N(C3CC(C)(N5CCC6CC6C5)C3)C(=O)C4(C)C)cc3ncn(C(C)C)c23)c(F)c(F)c1Cl. The number of aromatic nitrogens is 4. The molecular weight excluding hydrogens is 674 g/mol. The molecule has 4 aromatic rings. The summed E-state index contributed by atoms with van der Waals surface area (Å²) in [5, 5.41) is 4.94. The third kappa shape index (κ3) is 5.39. The minimum absolute atomic E-state index is 0.0341. The van der Waals surface area contributed by atoms with Crippen LogP contribution in [0.3, 0.4) is 0 Å². The van der Waals surface area contributed by atoms with E-state index in [9.17, 15) is 9.59 Å². The van der Waals surface area contributed by atoms with Crippen LogP contribution in [0.2, 0.25) is 5.02 Å². The molecule has 4 aliphatic rings. The van der Waals surface area contributed by atoms with E-state index in [1.807, 2.05) is 49.3 Å².